The monoisotopic (exact) mass is 232 g/mol. The molecule has 0 amide bonds. The number of carboxylic acids is 1. The van der Waals surface area contributed by atoms with E-state index < -0.39 is 5.97 Å². The van der Waals surface area contributed by atoms with E-state index in [9.17, 15) is 9.59 Å². The number of hydrogen-bond donors (Lipinski definition) is 1. The molecule has 1 atom stereocenters. The highest BCUT2D eigenvalue weighted by atomic mass is 31.0. The van der Waals surface area contributed by atoms with E-state index in [2.05, 4.69) is 4.52 Å². The molecule has 0 heterocycles. The lowest BCUT2D eigenvalue weighted by molar-refractivity contribution is -0.132. The minimum atomic E-state index is -0.845. The van der Waals surface area contributed by atoms with Gasteiger partial charge in [-0.25, -0.2) is 9.59 Å². The Bertz CT molecular complexity index is 279. The number of aliphatic carboxylic acids is 1. The van der Waals surface area contributed by atoms with Crippen molar-refractivity contribution in [2.24, 2.45) is 0 Å². The lowest BCUT2D eigenvalue weighted by Crippen LogP contribution is -1.96. The van der Waals surface area contributed by atoms with Crippen LogP contribution in [-0.2, 0) is 14.1 Å². The van der Waals surface area contributed by atoms with Crippen molar-refractivity contribution in [2.75, 3.05) is 0 Å². The normalized spacial score (nSPS) is 11.3. The molecular weight excluding hydrogens is 215 g/mol. The molecule has 0 aliphatic heterocycles. The van der Waals surface area contributed by atoms with Crippen molar-refractivity contribution in [3.63, 3.8) is 0 Å². The van der Waals surface area contributed by atoms with Crippen LogP contribution in [0.2, 0.25) is 0 Å². The summed E-state index contributed by atoms with van der Waals surface area (Å²) in [5, 5.41) is 8.11. The third-order valence-corrected chi connectivity index (χ3v) is 1.85. The second kappa shape index (κ2) is 9.41. The van der Waals surface area contributed by atoms with Crippen LogP contribution in [0.25, 0.3) is 0 Å². The number of allylic oxidation sites excluding steroid dienone is 2. The van der Waals surface area contributed by atoms with Crippen LogP contribution in [-0.4, -0.2) is 17.0 Å². The molecule has 0 rings (SSSR count). The van der Waals surface area contributed by atoms with Gasteiger partial charge in [0.2, 0.25) is 0 Å². The molecule has 0 aliphatic carbocycles. The molecule has 0 spiro atoms. The molecule has 0 fully saturated rings. The van der Waals surface area contributed by atoms with Gasteiger partial charge in [-0.1, -0.05) is 12.2 Å². The first kappa shape index (κ1) is 16.3. The predicted molar refractivity (Wildman–Crippen MR) is 62.3 cm³/mol. The van der Waals surface area contributed by atoms with Gasteiger partial charge in [0.25, 0.3) is 0 Å². The summed E-state index contributed by atoms with van der Waals surface area (Å²) in [5.41, 5.74) is 1.01. The SMILES string of the molecule is C/C=C(\C)C(=O)O.C/C=C(\C)C(=O)OP. The van der Waals surface area contributed by atoms with Crippen LogP contribution in [0.5, 0.6) is 0 Å². The maximum atomic E-state index is 10.4. The number of carbonyl (C=O) groups excluding carboxylic acids is 1. The Morgan fingerprint density at radius 2 is 1.53 bits per heavy atom. The van der Waals surface area contributed by atoms with Gasteiger partial charge in [-0.3, -0.25) is 0 Å². The fourth-order valence-corrected chi connectivity index (χ4v) is 0.520. The summed E-state index contributed by atoms with van der Waals surface area (Å²) in [6.07, 6.45) is 3.26. The van der Waals surface area contributed by atoms with Crippen LogP contribution < -0.4 is 0 Å². The van der Waals surface area contributed by atoms with E-state index in [-0.39, 0.29) is 5.97 Å². The summed E-state index contributed by atoms with van der Waals surface area (Å²) in [5.74, 6) is -1.14. The van der Waals surface area contributed by atoms with Crippen molar-refractivity contribution in [3.05, 3.63) is 23.3 Å². The number of carbonyl (C=O) groups is 2. The van der Waals surface area contributed by atoms with Crippen LogP contribution in [0.15, 0.2) is 23.3 Å². The average molecular weight is 232 g/mol. The van der Waals surface area contributed by atoms with Crippen molar-refractivity contribution in [1.82, 2.24) is 0 Å². The zero-order chi connectivity index (χ0) is 12.4. The summed E-state index contributed by atoms with van der Waals surface area (Å²) in [6, 6.07) is 0. The van der Waals surface area contributed by atoms with E-state index in [1.807, 2.05) is 9.47 Å². The Labute approximate surface area is 92.3 Å². The Morgan fingerprint density at radius 3 is 1.60 bits per heavy atom. The first-order valence-electron chi connectivity index (χ1n) is 4.30. The van der Waals surface area contributed by atoms with E-state index in [1.54, 1.807) is 39.8 Å². The zero-order valence-electron chi connectivity index (χ0n) is 9.40. The van der Waals surface area contributed by atoms with Crippen LogP contribution in [0.3, 0.4) is 0 Å². The molecular formula is C10H17O4P. The van der Waals surface area contributed by atoms with E-state index in [0.29, 0.717) is 11.1 Å². The van der Waals surface area contributed by atoms with Gasteiger partial charge in [0.05, 0.1) is 9.47 Å². The highest BCUT2D eigenvalue weighted by Gasteiger charge is 1.98. The van der Waals surface area contributed by atoms with Gasteiger partial charge in [-0.15, -0.1) is 0 Å². The quantitative estimate of drug-likeness (QED) is 0.586. The predicted octanol–water partition coefficient (Wildman–Crippen LogP) is 2.32. The second-order valence-corrected chi connectivity index (χ2v) is 2.89. The van der Waals surface area contributed by atoms with Gasteiger partial charge < -0.3 is 9.63 Å². The van der Waals surface area contributed by atoms with Crippen molar-refractivity contribution >= 4 is 21.4 Å². The molecule has 0 aromatic carbocycles. The van der Waals surface area contributed by atoms with Gasteiger partial charge in [0, 0.05) is 11.1 Å². The Morgan fingerprint density at radius 1 is 1.13 bits per heavy atom. The largest absolute Gasteiger partial charge is 0.478 e. The molecule has 0 bridgehead atoms. The molecule has 0 aliphatic rings. The summed E-state index contributed by atoms with van der Waals surface area (Å²) in [7, 11) is 1.90. The molecule has 0 aromatic rings. The Kier molecular flexibility index (Phi) is 10.2. The summed E-state index contributed by atoms with van der Waals surface area (Å²) in [6.45, 7) is 6.75. The van der Waals surface area contributed by atoms with Crippen LogP contribution in [0.4, 0.5) is 0 Å². The van der Waals surface area contributed by atoms with Gasteiger partial charge >= 0.3 is 11.9 Å². The molecule has 1 N–H and O–H groups in total. The minimum Gasteiger partial charge on any atom is -0.478 e. The van der Waals surface area contributed by atoms with Crippen molar-refractivity contribution in [3.8, 4) is 0 Å². The van der Waals surface area contributed by atoms with Crippen LogP contribution >= 0.6 is 9.47 Å². The van der Waals surface area contributed by atoms with E-state index in [0.717, 1.165) is 0 Å². The molecule has 4 nitrogen and oxygen atoms in total. The number of carboxylic acid groups (broad SMARTS) is 1. The molecule has 1 unspecified atom stereocenters. The van der Waals surface area contributed by atoms with Crippen molar-refractivity contribution in [1.29, 1.82) is 0 Å². The molecule has 15 heavy (non-hydrogen) atoms. The first-order valence-corrected chi connectivity index (χ1v) is 4.78. The Hall–Kier alpha value is -1.15. The topological polar surface area (TPSA) is 63.6 Å². The molecule has 0 aromatic heterocycles. The second-order valence-electron chi connectivity index (χ2n) is 2.65. The molecule has 0 saturated carbocycles. The fourth-order valence-electron chi connectivity index (χ4n) is 0.334. The summed E-state index contributed by atoms with van der Waals surface area (Å²) < 4.78 is 4.31. The van der Waals surface area contributed by atoms with Gasteiger partial charge in [-0.2, -0.15) is 0 Å². The van der Waals surface area contributed by atoms with Crippen molar-refractivity contribution < 1.29 is 19.2 Å². The maximum absolute atomic E-state index is 10.4. The lowest BCUT2D eigenvalue weighted by atomic mass is 10.3. The Balaban J connectivity index is 0. The smallest absolute Gasteiger partial charge is 0.335 e. The highest BCUT2D eigenvalue weighted by molar-refractivity contribution is 7.10. The molecule has 0 saturated heterocycles. The number of hydrogen-bond acceptors (Lipinski definition) is 3. The highest BCUT2D eigenvalue weighted by Crippen LogP contribution is 1.98. The van der Waals surface area contributed by atoms with Gasteiger partial charge in [0.15, 0.2) is 0 Å². The van der Waals surface area contributed by atoms with E-state index in [1.165, 1.54) is 0 Å². The van der Waals surface area contributed by atoms with Crippen molar-refractivity contribution in [2.45, 2.75) is 27.7 Å². The summed E-state index contributed by atoms with van der Waals surface area (Å²) >= 11 is 0. The molecule has 0 radical (unpaired) electrons. The maximum Gasteiger partial charge on any atom is 0.335 e. The van der Waals surface area contributed by atoms with Gasteiger partial charge in [0.1, 0.15) is 0 Å². The third-order valence-electron chi connectivity index (χ3n) is 1.63. The fraction of sp³-hybridized carbons (Fsp3) is 0.400. The lowest BCUT2D eigenvalue weighted by Gasteiger charge is -1.93. The zero-order valence-corrected chi connectivity index (χ0v) is 10.6. The first-order chi connectivity index (χ1) is 6.90. The van der Waals surface area contributed by atoms with Crippen LogP contribution in [0, 0.1) is 0 Å². The molecule has 86 valence electrons. The average Bonchev–Trinajstić information content (AvgIpc) is 2.26. The van der Waals surface area contributed by atoms with E-state index in [4.69, 9.17) is 5.11 Å². The van der Waals surface area contributed by atoms with E-state index >= 15 is 0 Å². The third kappa shape index (κ3) is 9.16. The number of rotatable bonds is 2. The van der Waals surface area contributed by atoms with Gasteiger partial charge in [-0.05, 0) is 27.7 Å². The summed E-state index contributed by atoms with van der Waals surface area (Å²) in [4.78, 5) is 20.3. The molecule has 5 heteroatoms. The standard InChI is InChI=1S/C5H9O2P.C5H8O2/c1-3-4(2)5(6)7-8;1-3-4(2)5(6)7/h3H,8H2,1-2H3;3H,1-2H3,(H,6,7)/b2*4-3+. The minimum absolute atomic E-state index is 0.294. The van der Waals surface area contributed by atoms with Crippen LogP contribution in [0.1, 0.15) is 27.7 Å².